The zero-order valence-corrected chi connectivity index (χ0v) is 17.5. The zero-order chi connectivity index (χ0) is 19.3. The number of fused-ring (bicyclic) bond motifs is 1. The van der Waals surface area contributed by atoms with Gasteiger partial charge in [0.2, 0.25) is 0 Å². The molecule has 0 saturated carbocycles. The van der Waals surface area contributed by atoms with Crippen molar-refractivity contribution >= 4 is 17.2 Å². The summed E-state index contributed by atoms with van der Waals surface area (Å²) in [6, 6.07) is 4.31. The normalized spacial score (nSPS) is 20.0. The number of rotatable bonds is 6. The van der Waals surface area contributed by atoms with E-state index in [2.05, 4.69) is 45.0 Å². The molecule has 0 unspecified atom stereocenters. The van der Waals surface area contributed by atoms with Crippen LogP contribution in [-0.2, 0) is 25.9 Å². The Hall–Kier alpha value is -1.76. The molecule has 1 saturated heterocycles. The van der Waals surface area contributed by atoms with Crippen LogP contribution in [0.15, 0.2) is 23.7 Å². The Labute approximate surface area is 171 Å². The van der Waals surface area contributed by atoms with Gasteiger partial charge in [-0.15, -0.1) is 11.3 Å². The minimum absolute atomic E-state index is 0.105. The van der Waals surface area contributed by atoms with Crippen LogP contribution in [0.5, 0.6) is 0 Å². The molecule has 4 heterocycles. The molecule has 0 radical (unpaired) electrons. The summed E-state index contributed by atoms with van der Waals surface area (Å²) in [6.45, 7) is 7.82. The number of aryl methyl sites for hydroxylation is 1. The van der Waals surface area contributed by atoms with Crippen LogP contribution in [0.2, 0.25) is 0 Å². The van der Waals surface area contributed by atoms with E-state index in [1.165, 1.54) is 28.8 Å². The maximum absolute atomic E-state index is 12.7. The summed E-state index contributed by atoms with van der Waals surface area (Å²) in [7, 11) is 0. The van der Waals surface area contributed by atoms with Crippen LogP contribution in [0.3, 0.4) is 0 Å². The van der Waals surface area contributed by atoms with Gasteiger partial charge in [0.1, 0.15) is 0 Å². The Morgan fingerprint density at radius 2 is 2.36 bits per heavy atom. The monoisotopic (exact) mass is 398 g/mol. The Morgan fingerprint density at radius 1 is 1.43 bits per heavy atom. The molecule has 150 valence electrons. The van der Waals surface area contributed by atoms with Crippen LogP contribution < -0.4 is 10.6 Å². The molecule has 5 nitrogen and oxygen atoms in total. The molecular formula is C22H30N4OS. The summed E-state index contributed by atoms with van der Waals surface area (Å²) < 4.78 is 0. The van der Waals surface area contributed by atoms with E-state index in [1.807, 2.05) is 6.20 Å². The fourth-order valence-electron chi connectivity index (χ4n) is 4.12. The maximum atomic E-state index is 12.7. The SMILES string of the molecule is CCc1ccc(CN2CCc3c(C(=O)NC[C@H]4CCCNC4)csc3C2)nc1. The summed E-state index contributed by atoms with van der Waals surface area (Å²) in [4.78, 5) is 21.1. The van der Waals surface area contributed by atoms with E-state index < -0.39 is 0 Å². The summed E-state index contributed by atoms with van der Waals surface area (Å²) in [5.74, 6) is 0.669. The molecule has 0 aliphatic carbocycles. The largest absolute Gasteiger partial charge is 0.352 e. The van der Waals surface area contributed by atoms with Crippen LogP contribution >= 0.6 is 11.3 Å². The standard InChI is InChI=1S/C22H30N4OS/c1-2-16-5-6-18(24-11-16)13-26-9-7-19-20(15-28-21(19)14-26)22(27)25-12-17-4-3-8-23-10-17/h5-6,11,15,17,23H,2-4,7-10,12-14H2,1H3,(H,25,27)/t17-/m0/s1. The Bertz CT molecular complexity index is 795. The number of carbonyl (C=O) groups is 1. The number of carbonyl (C=O) groups excluding carboxylic acids is 1. The van der Waals surface area contributed by atoms with Gasteiger partial charge >= 0.3 is 0 Å². The second kappa shape index (κ2) is 9.16. The van der Waals surface area contributed by atoms with Gasteiger partial charge in [-0.1, -0.05) is 13.0 Å². The van der Waals surface area contributed by atoms with Crippen LogP contribution in [-0.4, -0.2) is 42.0 Å². The topological polar surface area (TPSA) is 57.3 Å². The number of aromatic nitrogens is 1. The third-order valence-electron chi connectivity index (χ3n) is 5.90. The Kier molecular flexibility index (Phi) is 6.40. The predicted octanol–water partition coefficient (Wildman–Crippen LogP) is 2.99. The second-order valence-corrected chi connectivity index (χ2v) is 8.91. The molecule has 0 spiro atoms. The minimum Gasteiger partial charge on any atom is -0.352 e. The quantitative estimate of drug-likeness (QED) is 0.785. The van der Waals surface area contributed by atoms with Gasteiger partial charge in [0.25, 0.3) is 5.91 Å². The molecule has 1 fully saturated rings. The number of hydrogen-bond donors (Lipinski definition) is 2. The molecule has 0 bridgehead atoms. The summed E-state index contributed by atoms with van der Waals surface area (Å²) in [5, 5.41) is 8.64. The fourth-order valence-corrected chi connectivity index (χ4v) is 5.25. The Balaban J connectivity index is 1.33. The molecule has 1 amide bonds. The molecule has 2 aliphatic rings. The maximum Gasteiger partial charge on any atom is 0.252 e. The van der Waals surface area contributed by atoms with Crippen LogP contribution in [0.1, 0.15) is 51.8 Å². The fraction of sp³-hybridized carbons (Fsp3) is 0.545. The first-order valence-electron chi connectivity index (χ1n) is 10.5. The van der Waals surface area contributed by atoms with Gasteiger partial charge in [0.05, 0.1) is 11.3 Å². The number of piperidine rings is 1. The average molecular weight is 399 g/mol. The smallest absolute Gasteiger partial charge is 0.252 e. The van der Waals surface area contributed by atoms with E-state index in [0.29, 0.717) is 5.92 Å². The first-order chi connectivity index (χ1) is 13.7. The van der Waals surface area contributed by atoms with Crippen molar-refractivity contribution in [1.29, 1.82) is 0 Å². The van der Waals surface area contributed by atoms with Crippen molar-refractivity contribution in [3.63, 3.8) is 0 Å². The minimum atomic E-state index is 0.105. The van der Waals surface area contributed by atoms with Crippen molar-refractivity contribution < 1.29 is 4.79 Å². The molecule has 28 heavy (non-hydrogen) atoms. The highest BCUT2D eigenvalue weighted by molar-refractivity contribution is 7.10. The third kappa shape index (κ3) is 4.62. The highest BCUT2D eigenvalue weighted by Gasteiger charge is 2.24. The predicted molar refractivity (Wildman–Crippen MR) is 114 cm³/mol. The van der Waals surface area contributed by atoms with Crippen LogP contribution in [0.25, 0.3) is 0 Å². The van der Waals surface area contributed by atoms with Crippen LogP contribution in [0, 0.1) is 5.92 Å². The summed E-state index contributed by atoms with van der Waals surface area (Å²) in [6.07, 6.45) is 6.37. The zero-order valence-electron chi connectivity index (χ0n) is 16.7. The first kappa shape index (κ1) is 19.6. The van der Waals surface area contributed by atoms with Crippen molar-refractivity contribution in [2.45, 2.75) is 45.7 Å². The number of amides is 1. The number of pyridine rings is 1. The molecule has 2 N–H and O–H groups in total. The summed E-state index contributed by atoms with van der Waals surface area (Å²) in [5.41, 5.74) is 4.56. The molecule has 0 aromatic carbocycles. The van der Waals surface area contributed by atoms with Gasteiger partial charge in [0, 0.05) is 42.6 Å². The van der Waals surface area contributed by atoms with Crippen LogP contribution in [0.4, 0.5) is 0 Å². The van der Waals surface area contributed by atoms with Gasteiger partial charge in [-0.3, -0.25) is 14.7 Å². The van der Waals surface area contributed by atoms with Gasteiger partial charge < -0.3 is 10.6 Å². The number of hydrogen-bond acceptors (Lipinski definition) is 5. The lowest BCUT2D eigenvalue weighted by Crippen LogP contribution is -2.38. The van der Waals surface area contributed by atoms with E-state index >= 15 is 0 Å². The third-order valence-corrected chi connectivity index (χ3v) is 6.91. The van der Waals surface area contributed by atoms with Crippen molar-refractivity contribution in [2.75, 3.05) is 26.2 Å². The lowest BCUT2D eigenvalue weighted by Gasteiger charge is -2.27. The van der Waals surface area contributed by atoms with Gasteiger partial charge in [-0.25, -0.2) is 0 Å². The lowest BCUT2D eigenvalue weighted by molar-refractivity contribution is 0.0943. The molecule has 4 rings (SSSR count). The number of nitrogens with one attached hydrogen (secondary N) is 2. The highest BCUT2D eigenvalue weighted by Crippen LogP contribution is 2.29. The van der Waals surface area contributed by atoms with E-state index in [1.54, 1.807) is 11.3 Å². The molecular weight excluding hydrogens is 368 g/mol. The van der Waals surface area contributed by atoms with E-state index in [9.17, 15) is 4.79 Å². The summed E-state index contributed by atoms with van der Waals surface area (Å²) >= 11 is 1.73. The number of thiophene rings is 1. The van der Waals surface area contributed by atoms with E-state index in [4.69, 9.17) is 0 Å². The average Bonchev–Trinajstić information content (AvgIpc) is 3.17. The van der Waals surface area contributed by atoms with Gasteiger partial charge in [0.15, 0.2) is 0 Å². The van der Waals surface area contributed by atoms with Crippen molar-refractivity contribution in [3.05, 3.63) is 51.0 Å². The van der Waals surface area contributed by atoms with E-state index in [0.717, 1.165) is 63.4 Å². The molecule has 1 atom stereocenters. The number of nitrogens with zero attached hydrogens (tertiary/aromatic N) is 2. The first-order valence-corrected chi connectivity index (χ1v) is 11.3. The molecule has 6 heteroatoms. The molecule has 2 aromatic heterocycles. The highest BCUT2D eigenvalue weighted by atomic mass is 32.1. The van der Waals surface area contributed by atoms with Crippen molar-refractivity contribution in [3.8, 4) is 0 Å². The molecule has 2 aliphatic heterocycles. The lowest BCUT2D eigenvalue weighted by atomic mass is 9.99. The van der Waals surface area contributed by atoms with Crippen molar-refractivity contribution in [2.24, 2.45) is 5.92 Å². The van der Waals surface area contributed by atoms with Gasteiger partial charge in [-0.05, 0) is 61.9 Å². The van der Waals surface area contributed by atoms with Gasteiger partial charge in [-0.2, -0.15) is 0 Å². The molecule has 2 aromatic rings. The van der Waals surface area contributed by atoms with Crippen molar-refractivity contribution in [1.82, 2.24) is 20.5 Å². The Morgan fingerprint density at radius 3 is 3.11 bits per heavy atom. The second-order valence-electron chi connectivity index (χ2n) is 7.95. The van der Waals surface area contributed by atoms with E-state index in [-0.39, 0.29) is 5.91 Å².